The lowest BCUT2D eigenvalue weighted by molar-refractivity contribution is -0.118. The van der Waals surface area contributed by atoms with Crippen molar-refractivity contribution in [3.63, 3.8) is 0 Å². The van der Waals surface area contributed by atoms with Crippen LogP contribution in [0.1, 0.15) is 17.3 Å². The second-order valence-corrected chi connectivity index (χ2v) is 7.62. The molecular formula is C26H27N3O5S. The summed E-state index contributed by atoms with van der Waals surface area (Å²) in [5.41, 5.74) is 1.60. The second-order valence-electron chi connectivity index (χ2n) is 7.21. The Balaban J connectivity index is 1.46. The number of thiocarbonyl (C=S) groups is 1. The topological polar surface area (TPSA) is 97.9 Å². The van der Waals surface area contributed by atoms with Crippen molar-refractivity contribution < 1.29 is 23.8 Å². The molecule has 0 bridgehead atoms. The van der Waals surface area contributed by atoms with Gasteiger partial charge in [-0.1, -0.05) is 24.3 Å². The lowest BCUT2D eigenvalue weighted by Gasteiger charge is -2.12. The molecule has 35 heavy (non-hydrogen) atoms. The minimum Gasteiger partial charge on any atom is -0.491 e. The number of para-hydroxylation sites is 1. The van der Waals surface area contributed by atoms with Gasteiger partial charge in [0.1, 0.15) is 18.1 Å². The van der Waals surface area contributed by atoms with Crippen molar-refractivity contribution in [2.45, 2.75) is 6.92 Å². The van der Waals surface area contributed by atoms with E-state index in [1.807, 2.05) is 25.1 Å². The summed E-state index contributed by atoms with van der Waals surface area (Å²) in [4.78, 5) is 24.7. The maximum absolute atomic E-state index is 12.5. The third-order valence-electron chi connectivity index (χ3n) is 4.56. The number of hydrogen-bond donors (Lipinski definition) is 3. The second kappa shape index (κ2) is 13.7. The highest BCUT2D eigenvalue weighted by molar-refractivity contribution is 7.80. The number of benzene rings is 3. The molecule has 0 radical (unpaired) electrons. The molecule has 0 spiro atoms. The standard InChI is InChI=1S/C26H27N3O5S/c1-2-32-15-16-33-23-13-11-19(12-14-23)25(31)29-26(35)28-21-8-6-7-20(17-21)27-24(30)18-34-22-9-4-3-5-10-22/h3-14,17H,2,15-16,18H2,1H3,(H,27,30)(H2,28,29,31,35). The molecule has 0 saturated carbocycles. The van der Waals surface area contributed by atoms with E-state index in [-0.39, 0.29) is 23.5 Å². The van der Waals surface area contributed by atoms with Crippen molar-refractivity contribution in [2.75, 3.05) is 37.1 Å². The Labute approximate surface area is 209 Å². The van der Waals surface area contributed by atoms with Crippen molar-refractivity contribution in [3.8, 4) is 11.5 Å². The Morgan fingerprint density at radius 3 is 2.20 bits per heavy atom. The van der Waals surface area contributed by atoms with Gasteiger partial charge in [0, 0.05) is 23.5 Å². The zero-order valence-electron chi connectivity index (χ0n) is 19.3. The first-order chi connectivity index (χ1) is 17.0. The largest absolute Gasteiger partial charge is 0.491 e. The van der Waals surface area contributed by atoms with Crippen molar-refractivity contribution in [3.05, 3.63) is 84.4 Å². The molecule has 0 heterocycles. The quantitative estimate of drug-likeness (QED) is 0.271. The van der Waals surface area contributed by atoms with Crippen molar-refractivity contribution in [2.24, 2.45) is 0 Å². The van der Waals surface area contributed by atoms with E-state index >= 15 is 0 Å². The summed E-state index contributed by atoms with van der Waals surface area (Å²) in [6, 6.07) is 22.8. The van der Waals surface area contributed by atoms with Crippen LogP contribution in [0.25, 0.3) is 0 Å². The maximum Gasteiger partial charge on any atom is 0.262 e. The first-order valence-electron chi connectivity index (χ1n) is 11.0. The minimum atomic E-state index is -0.356. The van der Waals surface area contributed by atoms with Gasteiger partial charge in [0.2, 0.25) is 0 Å². The fourth-order valence-corrected chi connectivity index (χ4v) is 3.15. The van der Waals surface area contributed by atoms with Crippen LogP contribution in [0.4, 0.5) is 11.4 Å². The zero-order chi connectivity index (χ0) is 24.9. The fraction of sp³-hybridized carbons (Fsp3) is 0.192. The molecule has 3 N–H and O–H groups in total. The van der Waals surface area contributed by atoms with Crippen LogP contribution in [0.15, 0.2) is 78.9 Å². The number of nitrogens with one attached hydrogen (secondary N) is 3. The number of amides is 2. The lowest BCUT2D eigenvalue weighted by Crippen LogP contribution is -2.34. The van der Waals surface area contributed by atoms with Crippen LogP contribution in [0, 0.1) is 0 Å². The van der Waals surface area contributed by atoms with Crippen LogP contribution in [0.3, 0.4) is 0 Å². The van der Waals surface area contributed by atoms with Crippen molar-refractivity contribution in [1.82, 2.24) is 5.32 Å². The first-order valence-corrected chi connectivity index (χ1v) is 11.4. The summed E-state index contributed by atoms with van der Waals surface area (Å²) in [5.74, 6) is 0.607. The van der Waals surface area contributed by atoms with Gasteiger partial charge in [-0.2, -0.15) is 0 Å². The van der Waals surface area contributed by atoms with E-state index in [1.54, 1.807) is 60.7 Å². The highest BCUT2D eigenvalue weighted by Gasteiger charge is 2.09. The van der Waals surface area contributed by atoms with E-state index < -0.39 is 0 Å². The van der Waals surface area contributed by atoms with E-state index in [0.717, 1.165) is 0 Å². The number of carbonyl (C=O) groups excluding carboxylic acids is 2. The van der Waals surface area contributed by atoms with Gasteiger partial charge in [-0.15, -0.1) is 0 Å². The minimum absolute atomic E-state index is 0.119. The van der Waals surface area contributed by atoms with E-state index in [9.17, 15) is 9.59 Å². The van der Waals surface area contributed by atoms with Crippen LogP contribution in [0.5, 0.6) is 11.5 Å². The first kappa shape index (κ1) is 25.7. The Bertz CT molecular complexity index is 1120. The molecule has 3 aromatic carbocycles. The predicted octanol–water partition coefficient (Wildman–Crippen LogP) is 4.25. The average molecular weight is 494 g/mol. The Morgan fingerprint density at radius 1 is 0.800 bits per heavy atom. The molecule has 0 aromatic heterocycles. The van der Waals surface area contributed by atoms with Gasteiger partial charge in [-0.25, -0.2) is 0 Å². The van der Waals surface area contributed by atoms with E-state index in [2.05, 4.69) is 16.0 Å². The summed E-state index contributed by atoms with van der Waals surface area (Å²) in [6.07, 6.45) is 0. The summed E-state index contributed by atoms with van der Waals surface area (Å²) in [6.45, 7) is 3.38. The fourth-order valence-electron chi connectivity index (χ4n) is 2.94. The number of rotatable bonds is 11. The number of carbonyl (C=O) groups is 2. The number of ether oxygens (including phenoxy) is 3. The van der Waals surface area contributed by atoms with Gasteiger partial charge < -0.3 is 24.8 Å². The third kappa shape index (κ3) is 9.07. The Morgan fingerprint density at radius 2 is 1.49 bits per heavy atom. The van der Waals surface area contributed by atoms with E-state index in [4.69, 9.17) is 26.4 Å². The molecule has 9 heteroatoms. The van der Waals surface area contributed by atoms with E-state index in [1.165, 1.54) is 0 Å². The van der Waals surface area contributed by atoms with Gasteiger partial charge in [0.15, 0.2) is 11.7 Å². The Hall–Kier alpha value is -3.95. The van der Waals surface area contributed by atoms with Crippen LogP contribution in [-0.4, -0.2) is 43.4 Å². The summed E-state index contributed by atoms with van der Waals surface area (Å²) in [5, 5.41) is 8.47. The van der Waals surface area contributed by atoms with Crippen LogP contribution in [-0.2, 0) is 9.53 Å². The zero-order valence-corrected chi connectivity index (χ0v) is 20.1. The average Bonchev–Trinajstić information content (AvgIpc) is 2.86. The SMILES string of the molecule is CCOCCOc1ccc(C(=O)NC(=S)Nc2cccc(NC(=O)COc3ccccc3)c2)cc1. The van der Waals surface area contributed by atoms with Crippen LogP contribution < -0.4 is 25.4 Å². The Kier molecular flexibility index (Phi) is 10.0. The highest BCUT2D eigenvalue weighted by atomic mass is 32.1. The molecule has 0 unspecified atom stereocenters. The molecule has 2 amide bonds. The molecule has 3 rings (SSSR count). The molecule has 8 nitrogen and oxygen atoms in total. The molecule has 0 saturated heterocycles. The van der Waals surface area contributed by atoms with Gasteiger partial charge in [0.05, 0.1) is 6.61 Å². The lowest BCUT2D eigenvalue weighted by atomic mass is 10.2. The summed E-state index contributed by atoms with van der Waals surface area (Å²) >= 11 is 5.26. The molecule has 3 aromatic rings. The molecule has 0 fully saturated rings. The third-order valence-corrected chi connectivity index (χ3v) is 4.77. The smallest absolute Gasteiger partial charge is 0.262 e. The summed E-state index contributed by atoms with van der Waals surface area (Å²) < 4.78 is 16.2. The van der Waals surface area contributed by atoms with Gasteiger partial charge in [0.25, 0.3) is 11.8 Å². The highest BCUT2D eigenvalue weighted by Crippen LogP contribution is 2.16. The van der Waals surface area contributed by atoms with Crippen molar-refractivity contribution >= 4 is 40.5 Å². The van der Waals surface area contributed by atoms with E-state index in [0.29, 0.717) is 48.3 Å². The monoisotopic (exact) mass is 493 g/mol. The predicted molar refractivity (Wildman–Crippen MR) is 139 cm³/mol. The maximum atomic E-state index is 12.5. The normalized spacial score (nSPS) is 10.2. The van der Waals surface area contributed by atoms with Gasteiger partial charge >= 0.3 is 0 Å². The van der Waals surface area contributed by atoms with Crippen molar-refractivity contribution in [1.29, 1.82) is 0 Å². The van der Waals surface area contributed by atoms with Crippen LogP contribution >= 0.6 is 12.2 Å². The van der Waals surface area contributed by atoms with Crippen LogP contribution in [0.2, 0.25) is 0 Å². The summed E-state index contributed by atoms with van der Waals surface area (Å²) in [7, 11) is 0. The number of hydrogen-bond acceptors (Lipinski definition) is 6. The number of anilines is 2. The van der Waals surface area contributed by atoms with Gasteiger partial charge in [-0.3, -0.25) is 14.9 Å². The molecular weight excluding hydrogens is 466 g/mol. The molecule has 0 aliphatic rings. The molecule has 0 aliphatic heterocycles. The molecule has 0 aliphatic carbocycles. The van der Waals surface area contributed by atoms with Gasteiger partial charge in [-0.05, 0) is 73.7 Å². The molecule has 0 atom stereocenters. The molecule has 182 valence electrons.